The average Bonchev–Trinajstić information content (AvgIpc) is 2.81. The molecule has 0 saturated heterocycles. The van der Waals surface area contributed by atoms with Gasteiger partial charge in [0.25, 0.3) is 0 Å². The van der Waals surface area contributed by atoms with Crippen LogP contribution < -0.4 is 33.6 Å². The summed E-state index contributed by atoms with van der Waals surface area (Å²) in [6.07, 6.45) is 0.512. The Kier molecular flexibility index (Phi) is 15.6. The molecule has 37 heavy (non-hydrogen) atoms. The largest absolute Gasteiger partial charge is 0.480 e. The summed E-state index contributed by atoms with van der Waals surface area (Å²) < 4.78 is 0. The maximum atomic E-state index is 12.3. The molecule has 0 aromatic rings. The van der Waals surface area contributed by atoms with Crippen molar-refractivity contribution in [2.24, 2.45) is 22.9 Å². The van der Waals surface area contributed by atoms with Gasteiger partial charge in [-0.15, -0.1) is 0 Å². The summed E-state index contributed by atoms with van der Waals surface area (Å²) in [6, 6.07) is -7.11. The van der Waals surface area contributed by atoms with E-state index in [4.69, 9.17) is 33.1 Å². The fourth-order valence-electron chi connectivity index (χ4n) is 3.22. The van der Waals surface area contributed by atoms with E-state index < -0.39 is 71.9 Å². The van der Waals surface area contributed by atoms with Gasteiger partial charge in [-0.25, -0.2) is 9.59 Å². The zero-order valence-electron chi connectivity index (χ0n) is 20.4. The number of nitrogens with two attached hydrogens (primary N) is 4. The van der Waals surface area contributed by atoms with Crippen molar-refractivity contribution >= 4 is 35.7 Å². The van der Waals surface area contributed by atoms with Crippen molar-refractivity contribution in [2.45, 2.75) is 94.0 Å². The second kappa shape index (κ2) is 17.2. The lowest BCUT2D eigenvalue weighted by Gasteiger charge is -2.20. The Labute approximate surface area is 213 Å². The number of hydrogen-bond acceptors (Lipinski definition) is 10. The molecule has 16 nitrogen and oxygen atoms in total. The summed E-state index contributed by atoms with van der Waals surface area (Å²) in [4.78, 5) is 68.8. The van der Waals surface area contributed by atoms with E-state index in [1.807, 2.05) is 0 Å². The monoisotopic (exact) mass is 534 g/mol. The molecule has 0 spiro atoms. The minimum atomic E-state index is -1.34. The molecule has 2 amide bonds. The molecule has 0 aliphatic rings. The second-order valence-corrected chi connectivity index (χ2v) is 8.69. The highest BCUT2D eigenvalue weighted by atomic mass is 16.4. The van der Waals surface area contributed by atoms with Crippen molar-refractivity contribution in [3.63, 3.8) is 0 Å². The summed E-state index contributed by atoms with van der Waals surface area (Å²) in [5.41, 5.74) is 22.3. The molecule has 0 aromatic heterocycles. The van der Waals surface area contributed by atoms with Gasteiger partial charge >= 0.3 is 23.9 Å². The fraction of sp³-hybridized carbons (Fsp3) is 0.714. The zero-order valence-corrected chi connectivity index (χ0v) is 20.4. The molecule has 212 valence electrons. The molecule has 0 bridgehead atoms. The second-order valence-electron chi connectivity index (χ2n) is 8.69. The van der Waals surface area contributed by atoms with Crippen LogP contribution in [0.15, 0.2) is 0 Å². The maximum Gasteiger partial charge on any atom is 0.326 e. The Morgan fingerprint density at radius 1 is 0.459 bits per heavy atom. The zero-order chi connectivity index (χ0) is 28.7. The summed E-state index contributed by atoms with van der Waals surface area (Å²) in [7, 11) is 0. The molecule has 0 rings (SSSR count). The minimum absolute atomic E-state index is 0.0131. The summed E-state index contributed by atoms with van der Waals surface area (Å²) in [6.45, 7) is 0. The molecule has 0 fully saturated rings. The third-order valence-corrected chi connectivity index (χ3v) is 5.58. The molecule has 0 aliphatic heterocycles. The van der Waals surface area contributed by atoms with Crippen molar-refractivity contribution in [3.05, 3.63) is 0 Å². The first-order valence-corrected chi connectivity index (χ1v) is 11.7. The van der Waals surface area contributed by atoms with Gasteiger partial charge in [-0.3, -0.25) is 19.2 Å². The fourth-order valence-corrected chi connectivity index (χ4v) is 3.22. The number of nitrogens with one attached hydrogen (secondary N) is 2. The Morgan fingerprint density at radius 3 is 1.00 bits per heavy atom. The summed E-state index contributed by atoms with van der Waals surface area (Å²) in [5.74, 6) is -6.61. The van der Waals surface area contributed by atoms with Crippen LogP contribution in [0.1, 0.15) is 57.8 Å². The van der Waals surface area contributed by atoms with Crippen LogP contribution in [-0.4, -0.2) is 92.4 Å². The molecule has 0 saturated carbocycles. The molecule has 0 aromatic carbocycles. The molecule has 0 radical (unpaired) electrons. The highest BCUT2D eigenvalue weighted by Gasteiger charge is 2.26. The van der Waals surface area contributed by atoms with E-state index in [9.17, 15) is 39.0 Å². The molecule has 14 N–H and O–H groups in total. The van der Waals surface area contributed by atoms with Gasteiger partial charge in [-0.2, -0.15) is 0 Å². The predicted octanol–water partition coefficient (Wildman–Crippen LogP) is -2.89. The first-order valence-electron chi connectivity index (χ1n) is 11.7. The lowest BCUT2D eigenvalue weighted by atomic mass is 10.0. The number of carboxylic acid groups (broad SMARTS) is 4. The number of aliphatic carboxylic acids is 4. The van der Waals surface area contributed by atoms with Gasteiger partial charge < -0.3 is 54.0 Å². The Hall–Kier alpha value is -3.34. The Morgan fingerprint density at radius 2 is 0.730 bits per heavy atom. The summed E-state index contributed by atoms with van der Waals surface area (Å²) >= 11 is 0. The number of carboxylic acids is 4. The molecule has 0 heterocycles. The van der Waals surface area contributed by atoms with E-state index in [1.54, 1.807) is 0 Å². The van der Waals surface area contributed by atoms with Crippen molar-refractivity contribution in [3.8, 4) is 0 Å². The van der Waals surface area contributed by atoms with E-state index in [0.717, 1.165) is 0 Å². The molecular formula is C21H38N6O10. The third kappa shape index (κ3) is 14.1. The van der Waals surface area contributed by atoms with E-state index in [-0.39, 0.29) is 57.8 Å². The van der Waals surface area contributed by atoms with Crippen molar-refractivity contribution in [2.75, 3.05) is 0 Å². The van der Waals surface area contributed by atoms with Crippen molar-refractivity contribution in [1.29, 1.82) is 0 Å². The van der Waals surface area contributed by atoms with E-state index in [0.29, 0.717) is 0 Å². The van der Waals surface area contributed by atoms with Gasteiger partial charge in [-0.05, 0) is 57.8 Å². The van der Waals surface area contributed by atoms with Gasteiger partial charge in [-0.1, -0.05) is 0 Å². The quantitative estimate of drug-likeness (QED) is 0.0749. The van der Waals surface area contributed by atoms with Crippen LogP contribution in [-0.2, 0) is 28.8 Å². The van der Waals surface area contributed by atoms with E-state index in [1.165, 1.54) is 0 Å². The van der Waals surface area contributed by atoms with E-state index in [2.05, 4.69) is 10.6 Å². The molecular weight excluding hydrogens is 496 g/mol. The van der Waals surface area contributed by atoms with Crippen LogP contribution in [0.2, 0.25) is 0 Å². The first-order chi connectivity index (χ1) is 17.2. The Bertz CT molecular complexity index is 811. The maximum absolute atomic E-state index is 12.3. The van der Waals surface area contributed by atoms with Crippen LogP contribution >= 0.6 is 0 Å². The standard InChI is InChI=1S/C21H38N6O10/c22-10(4-1-6-12(24)18(30)31)16(28)26-14(20(34)35)8-2-5-11(23)17(29)27-15(21(36)37)9-3-7-13(25)19(32)33/h10-15H,1-9,22-25H2,(H,26,28)(H,27,29)(H,30,31)(H,32,33)(H,34,35)(H,36,37). The third-order valence-electron chi connectivity index (χ3n) is 5.58. The number of hydrogen-bond donors (Lipinski definition) is 10. The van der Waals surface area contributed by atoms with Crippen molar-refractivity contribution < 1.29 is 49.2 Å². The highest BCUT2D eigenvalue weighted by molar-refractivity contribution is 5.87. The van der Waals surface area contributed by atoms with Crippen molar-refractivity contribution in [1.82, 2.24) is 10.6 Å². The lowest BCUT2D eigenvalue weighted by molar-refractivity contribution is -0.143. The Balaban J connectivity index is 4.61. The molecule has 6 unspecified atom stereocenters. The van der Waals surface area contributed by atoms with Crippen LogP contribution in [0.25, 0.3) is 0 Å². The van der Waals surface area contributed by atoms with Crippen LogP contribution in [0.5, 0.6) is 0 Å². The lowest BCUT2D eigenvalue weighted by Crippen LogP contribution is -2.49. The smallest absolute Gasteiger partial charge is 0.326 e. The summed E-state index contributed by atoms with van der Waals surface area (Å²) in [5, 5.41) is 40.7. The predicted molar refractivity (Wildman–Crippen MR) is 128 cm³/mol. The SMILES string of the molecule is NC(CCCC(N)C(=O)NC(CCCC(N)C(=O)NC(CCCC(N)C(=O)O)C(=O)O)C(=O)O)C(=O)O. The first kappa shape index (κ1) is 33.7. The van der Waals surface area contributed by atoms with E-state index >= 15 is 0 Å². The van der Waals surface area contributed by atoms with Gasteiger partial charge in [0.05, 0.1) is 12.1 Å². The van der Waals surface area contributed by atoms with Gasteiger partial charge in [0.2, 0.25) is 11.8 Å². The normalized spacial score (nSPS) is 15.9. The molecule has 16 heteroatoms. The van der Waals surface area contributed by atoms with Crippen LogP contribution in [0.3, 0.4) is 0 Å². The number of rotatable bonds is 20. The number of carbonyl (C=O) groups is 6. The van der Waals surface area contributed by atoms with Crippen LogP contribution in [0, 0.1) is 0 Å². The van der Waals surface area contributed by atoms with Gasteiger partial charge in [0.1, 0.15) is 24.2 Å². The highest BCUT2D eigenvalue weighted by Crippen LogP contribution is 2.08. The topological polar surface area (TPSA) is 311 Å². The van der Waals surface area contributed by atoms with Crippen LogP contribution in [0.4, 0.5) is 0 Å². The van der Waals surface area contributed by atoms with Gasteiger partial charge in [0.15, 0.2) is 0 Å². The average molecular weight is 535 g/mol. The number of carbonyl (C=O) groups excluding carboxylic acids is 2. The number of amides is 2. The molecule has 0 aliphatic carbocycles. The van der Waals surface area contributed by atoms with Gasteiger partial charge in [0, 0.05) is 0 Å². The minimum Gasteiger partial charge on any atom is -0.480 e. The molecule has 6 atom stereocenters.